The van der Waals surface area contributed by atoms with Gasteiger partial charge in [0.15, 0.2) is 0 Å². The van der Waals surface area contributed by atoms with Gasteiger partial charge >= 0.3 is 0 Å². The second-order valence-electron chi connectivity index (χ2n) is 9.15. The van der Waals surface area contributed by atoms with Gasteiger partial charge in [0.1, 0.15) is 5.75 Å². The van der Waals surface area contributed by atoms with Gasteiger partial charge in [-0.3, -0.25) is 0 Å². The van der Waals surface area contributed by atoms with Gasteiger partial charge in [0.2, 0.25) is 0 Å². The van der Waals surface area contributed by atoms with Crippen molar-refractivity contribution in [3.63, 3.8) is 0 Å². The Bertz CT molecular complexity index is 613. The normalized spacial score (nSPS) is 29.2. The summed E-state index contributed by atoms with van der Waals surface area (Å²) in [5, 5.41) is 0. The van der Waals surface area contributed by atoms with Crippen molar-refractivity contribution in [3.8, 4) is 5.75 Å². The van der Waals surface area contributed by atoms with E-state index in [9.17, 15) is 0 Å². The standard InChI is InChI=1S/C26H40O/c1-5-6-7-8-21-9-11-22(12-10-21)23-13-15-24(16-14-23)25-17-18-26(27-4)20(3)19(25)2/h5-6,17-18,21-24H,7-16H2,1-4H3/b6-5+. The van der Waals surface area contributed by atoms with Gasteiger partial charge in [-0.15, -0.1) is 0 Å². The Morgan fingerprint density at radius 1 is 0.889 bits per heavy atom. The molecule has 150 valence electrons. The Morgan fingerprint density at radius 2 is 1.52 bits per heavy atom. The van der Waals surface area contributed by atoms with Crippen molar-refractivity contribution in [2.45, 2.75) is 90.9 Å². The highest BCUT2D eigenvalue weighted by atomic mass is 16.5. The summed E-state index contributed by atoms with van der Waals surface area (Å²) in [6, 6.07) is 4.51. The maximum atomic E-state index is 5.50. The predicted octanol–water partition coefficient (Wildman–Crippen LogP) is 7.75. The summed E-state index contributed by atoms with van der Waals surface area (Å²) in [5.74, 6) is 4.82. The van der Waals surface area contributed by atoms with E-state index in [-0.39, 0.29) is 0 Å². The van der Waals surface area contributed by atoms with E-state index >= 15 is 0 Å². The van der Waals surface area contributed by atoms with E-state index in [4.69, 9.17) is 4.74 Å². The zero-order chi connectivity index (χ0) is 19.2. The van der Waals surface area contributed by atoms with E-state index in [1.54, 1.807) is 12.7 Å². The first-order valence-corrected chi connectivity index (χ1v) is 11.4. The van der Waals surface area contributed by atoms with Crippen molar-refractivity contribution in [3.05, 3.63) is 41.0 Å². The van der Waals surface area contributed by atoms with Crippen LogP contribution in [0.2, 0.25) is 0 Å². The third-order valence-corrected chi connectivity index (χ3v) is 7.75. The number of hydrogen-bond donors (Lipinski definition) is 0. The van der Waals surface area contributed by atoms with Crippen LogP contribution >= 0.6 is 0 Å². The maximum absolute atomic E-state index is 5.50. The molecule has 0 N–H and O–H groups in total. The van der Waals surface area contributed by atoms with Gasteiger partial charge in [0, 0.05) is 0 Å². The first-order valence-electron chi connectivity index (χ1n) is 11.4. The van der Waals surface area contributed by atoms with Crippen molar-refractivity contribution in [1.29, 1.82) is 0 Å². The SMILES string of the molecule is C/C=C/CCC1CCC(C2CCC(c3ccc(OC)c(C)c3C)CC2)CC1. The van der Waals surface area contributed by atoms with Gasteiger partial charge in [-0.2, -0.15) is 0 Å². The fourth-order valence-electron chi connectivity index (χ4n) is 5.83. The molecule has 0 saturated heterocycles. The van der Waals surface area contributed by atoms with Gasteiger partial charge in [-0.1, -0.05) is 31.1 Å². The highest BCUT2D eigenvalue weighted by molar-refractivity contribution is 5.45. The average molecular weight is 369 g/mol. The number of benzene rings is 1. The molecule has 0 spiro atoms. The van der Waals surface area contributed by atoms with Gasteiger partial charge in [-0.05, 0) is 119 Å². The van der Waals surface area contributed by atoms with Crippen LogP contribution < -0.4 is 4.74 Å². The number of hydrogen-bond acceptors (Lipinski definition) is 1. The molecule has 1 aromatic carbocycles. The van der Waals surface area contributed by atoms with Gasteiger partial charge < -0.3 is 4.74 Å². The highest BCUT2D eigenvalue weighted by Gasteiger charge is 2.31. The minimum absolute atomic E-state index is 0.767. The average Bonchev–Trinajstić information content (AvgIpc) is 2.71. The lowest BCUT2D eigenvalue weighted by atomic mass is 9.67. The number of allylic oxidation sites excluding steroid dienone is 2. The lowest BCUT2D eigenvalue weighted by molar-refractivity contribution is 0.157. The Kier molecular flexibility index (Phi) is 7.44. The molecular weight excluding hydrogens is 328 g/mol. The number of ether oxygens (including phenoxy) is 1. The zero-order valence-electron chi connectivity index (χ0n) is 18.1. The smallest absolute Gasteiger partial charge is 0.122 e. The minimum Gasteiger partial charge on any atom is -0.496 e. The van der Waals surface area contributed by atoms with E-state index in [0.29, 0.717) is 0 Å². The summed E-state index contributed by atoms with van der Waals surface area (Å²) in [7, 11) is 1.78. The van der Waals surface area contributed by atoms with Crippen molar-refractivity contribution < 1.29 is 4.74 Å². The molecule has 0 amide bonds. The van der Waals surface area contributed by atoms with Crippen LogP contribution in [0.4, 0.5) is 0 Å². The largest absolute Gasteiger partial charge is 0.496 e. The van der Waals surface area contributed by atoms with Crippen LogP contribution in [0.25, 0.3) is 0 Å². The second kappa shape index (κ2) is 9.80. The summed E-state index contributed by atoms with van der Waals surface area (Å²) in [5.41, 5.74) is 4.37. The third kappa shape index (κ3) is 4.98. The van der Waals surface area contributed by atoms with Gasteiger partial charge in [0.25, 0.3) is 0 Å². The van der Waals surface area contributed by atoms with E-state index in [1.165, 1.54) is 75.3 Å². The number of methoxy groups -OCH3 is 1. The molecule has 0 unspecified atom stereocenters. The van der Waals surface area contributed by atoms with E-state index in [1.807, 2.05) is 0 Å². The summed E-state index contributed by atoms with van der Waals surface area (Å²) in [6.07, 6.45) is 18.9. The Labute approximate surface area is 167 Å². The number of rotatable bonds is 6. The molecule has 0 radical (unpaired) electrons. The van der Waals surface area contributed by atoms with E-state index in [0.717, 1.165) is 29.4 Å². The third-order valence-electron chi connectivity index (χ3n) is 7.75. The molecule has 3 rings (SSSR count). The topological polar surface area (TPSA) is 9.23 Å². The van der Waals surface area contributed by atoms with Crippen LogP contribution in [0.5, 0.6) is 5.75 Å². The fourth-order valence-corrected chi connectivity index (χ4v) is 5.83. The van der Waals surface area contributed by atoms with Crippen molar-refractivity contribution in [2.75, 3.05) is 7.11 Å². The van der Waals surface area contributed by atoms with Crippen LogP contribution in [0.15, 0.2) is 24.3 Å². The first-order chi connectivity index (χ1) is 13.1. The highest BCUT2D eigenvalue weighted by Crippen LogP contribution is 2.45. The van der Waals surface area contributed by atoms with Crippen LogP contribution in [0.3, 0.4) is 0 Å². The first kappa shape index (κ1) is 20.5. The molecule has 2 saturated carbocycles. The van der Waals surface area contributed by atoms with Crippen molar-refractivity contribution in [2.24, 2.45) is 17.8 Å². The van der Waals surface area contributed by atoms with Crippen molar-refractivity contribution in [1.82, 2.24) is 0 Å². The minimum atomic E-state index is 0.767. The molecular formula is C26H40O. The Morgan fingerprint density at radius 3 is 2.11 bits per heavy atom. The second-order valence-corrected chi connectivity index (χ2v) is 9.15. The molecule has 2 aliphatic rings. The monoisotopic (exact) mass is 368 g/mol. The molecule has 1 nitrogen and oxygen atoms in total. The summed E-state index contributed by atoms with van der Waals surface area (Å²) >= 11 is 0. The quantitative estimate of drug-likeness (QED) is 0.466. The Balaban J connectivity index is 1.49. The van der Waals surface area contributed by atoms with Gasteiger partial charge in [-0.25, -0.2) is 0 Å². The molecule has 1 heteroatoms. The molecule has 27 heavy (non-hydrogen) atoms. The van der Waals surface area contributed by atoms with E-state index in [2.05, 4.69) is 45.1 Å². The maximum Gasteiger partial charge on any atom is 0.122 e. The lowest BCUT2D eigenvalue weighted by Crippen LogP contribution is -2.25. The molecule has 0 heterocycles. The summed E-state index contributed by atoms with van der Waals surface area (Å²) in [6.45, 7) is 6.63. The van der Waals surface area contributed by atoms with Crippen LogP contribution in [0, 0.1) is 31.6 Å². The summed E-state index contributed by atoms with van der Waals surface area (Å²) < 4.78 is 5.50. The van der Waals surface area contributed by atoms with E-state index < -0.39 is 0 Å². The fraction of sp³-hybridized carbons (Fsp3) is 0.692. The van der Waals surface area contributed by atoms with Crippen molar-refractivity contribution >= 4 is 0 Å². The molecule has 0 bridgehead atoms. The van der Waals surface area contributed by atoms with Crippen LogP contribution in [0.1, 0.15) is 93.7 Å². The molecule has 0 aliphatic heterocycles. The zero-order valence-corrected chi connectivity index (χ0v) is 18.1. The molecule has 0 aromatic heterocycles. The lowest BCUT2D eigenvalue weighted by Gasteiger charge is -2.38. The van der Waals surface area contributed by atoms with Crippen LogP contribution in [-0.2, 0) is 0 Å². The summed E-state index contributed by atoms with van der Waals surface area (Å²) in [4.78, 5) is 0. The molecule has 2 fully saturated rings. The molecule has 2 aliphatic carbocycles. The van der Waals surface area contributed by atoms with Crippen LogP contribution in [-0.4, -0.2) is 7.11 Å². The van der Waals surface area contributed by atoms with Gasteiger partial charge in [0.05, 0.1) is 7.11 Å². The molecule has 0 atom stereocenters. The Hall–Kier alpha value is -1.24. The predicted molar refractivity (Wildman–Crippen MR) is 117 cm³/mol. The molecule has 1 aromatic rings.